The summed E-state index contributed by atoms with van der Waals surface area (Å²) in [6.07, 6.45) is 0. The van der Waals surface area contributed by atoms with Crippen molar-refractivity contribution in [2.24, 2.45) is 0 Å². The molecule has 0 radical (unpaired) electrons. The lowest BCUT2D eigenvalue weighted by molar-refractivity contribution is -0.149. The van der Waals surface area contributed by atoms with E-state index in [1.165, 1.54) is 7.11 Å². The first-order chi connectivity index (χ1) is 11.6. The average molecular weight is 333 g/mol. The van der Waals surface area contributed by atoms with Crippen molar-refractivity contribution in [3.05, 3.63) is 29.8 Å². The SMILES string of the molecule is COCCNC(=O)COC(=O)Cn1nnc(-c2ccc(C)cc2)n1. The fourth-order valence-corrected chi connectivity index (χ4v) is 1.78. The Kier molecular flexibility index (Phi) is 6.38. The van der Waals surface area contributed by atoms with Gasteiger partial charge in [-0.15, -0.1) is 10.2 Å². The summed E-state index contributed by atoms with van der Waals surface area (Å²) in [4.78, 5) is 24.2. The van der Waals surface area contributed by atoms with Gasteiger partial charge in [0, 0.05) is 19.2 Å². The van der Waals surface area contributed by atoms with Crippen LogP contribution in [-0.4, -0.2) is 59.0 Å². The van der Waals surface area contributed by atoms with E-state index < -0.39 is 11.9 Å². The van der Waals surface area contributed by atoms with E-state index in [0.29, 0.717) is 19.0 Å². The Morgan fingerprint density at radius 3 is 2.71 bits per heavy atom. The number of aryl methyl sites for hydroxylation is 1. The third kappa shape index (κ3) is 5.43. The van der Waals surface area contributed by atoms with Crippen molar-refractivity contribution in [3.8, 4) is 11.4 Å². The van der Waals surface area contributed by atoms with Gasteiger partial charge in [-0.25, -0.2) is 4.79 Å². The summed E-state index contributed by atoms with van der Waals surface area (Å²) in [5.41, 5.74) is 1.93. The molecule has 0 aliphatic rings. The molecule has 0 spiro atoms. The lowest BCUT2D eigenvalue weighted by atomic mass is 10.1. The second-order valence-electron chi connectivity index (χ2n) is 5.01. The number of carbonyl (C=O) groups excluding carboxylic acids is 2. The number of tetrazole rings is 1. The molecule has 0 aliphatic heterocycles. The maximum absolute atomic E-state index is 11.7. The molecule has 0 atom stereocenters. The molecule has 2 aromatic rings. The Balaban J connectivity index is 1.80. The van der Waals surface area contributed by atoms with Crippen LogP contribution in [0.2, 0.25) is 0 Å². The van der Waals surface area contributed by atoms with Crippen LogP contribution in [0.3, 0.4) is 0 Å². The molecule has 128 valence electrons. The first-order valence-corrected chi connectivity index (χ1v) is 7.34. The molecular formula is C15H19N5O4. The van der Waals surface area contributed by atoms with Crippen LogP contribution in [0.1, 0.15) is 5.56 Å². The van der Waals surface area contributed by atoms with Crippen molar-refractivity contribution in [2.75, 3.05) is 26.9 Å². The van der Waals surface area contributed by atoms with E-state index in [2.05, 4.69) is 20.7 Å². The zero-order chi connectivity index (χ0) is 17.4. The van der Waals surface area contributed by atoms with Crippen LogP contribution < -0.4 is 5.32 Å². The maximum atomic E-state index is 11.7. The zero-order valence-electron chi connectivity index (χ0n) is 13.6. The van der Waals surface area contributed by atoms with Gasteiger partial charge in [-0.2, -0.15) is 4.80 Å². The van der Waals surface area contributed by atoms with Gasteiger partial charge in [-0.3, -0.25) is 4.79 Å². The van der Waals surface area contributed by atoms with Gasteiger partial charge in [0.05, 0.1) is 6.61 Å². The molecule has 24 heavy (non-hydrogen) atoms. The van der Waals surface area contributed by atoms with E-state index in [9.17, 15) is 9.59 Å². The average Bonchev–Trinajstić information content (AvgIpc) is 3.02. The Labute approximate surface area is 138 Å². The highest BCUT2D eigenvalue weighted by molar-refractivity contribution is 5.80. The summed E-state index contributed by atoms with van der Waals surface area (Å²) in [5.74, 6) is -0.600. The van der Waals surface area contributed by atoms with Crippen molar-refractivity contribution in [3.63, 3.8) is 0 Å². The summed E-state index contributed by atoms with van der Waals surface area (Å²) in [6, 6.07) is 7.62. The highest BCUT2D eigenvalue weighted by atomic mass is 16.5. The minimum absolute atomic E-state index is 0.218. The number of benzene rings is 1. The van der Waals surface area contributed by atoms with Gasteiger partial charge in [0.25, 0.3) is 5.91 Å². The third-order valence-corrected chi connectivity index (χ3v) is 3.03. The number of amides is 1. The first-order valence-electron chi connectivity index (χ1n) is 7.34. The topological polar surface area (TPSA) is 108 Å². The Bertz CT molecular complexity index is 683. The van der Waals surface area contributed by atoms with Crippen LogP contribution in [-0.2, 0) is 25.6 Å². The molecule has 1 N–H and O–H groups in total. The number of aromatic nitrogens is 4. The molecular weight excluding hydrogens is 314 g/mol. The van der Waals surface area contributed by atoms with Crippen LogP contribution in [0.5, 0.6) is 0 Å². The van der Waals surface area contributed by atoms with Gasteiger partial charge in [0.1, 0.15) is 0 Å². The molecule has 0 saturated heterocycles. The molecule has 1 aromatic heterocycles. The Morgan fingerprint density at radius 1 is 1.25 bits per heavy atom. The molecule has 0 aliphatic carbocycles. The smallest absolute Gasteiger partial charge is 0.330 e. The number of ether oxygens (including phenoxy) is 2. The predicted octanol–water partition coefficient (Wildman–Crippen LogP) is -0.0457. The molecule has 0 bridgehead atoms. The molecule has 9 heteroatoms. The van der Waals surface area contributed by atoms with Crippen LogP contribution in [0.15, 0.2) is 24.3 Å². The van der Waals surface area contributed by atoms with Gasteiger partial charge >= 0.3 is 5.97 Å². The number of esters is 1. The van der Waals surface area contributed by atoms with Crippen LogP contribution >= 0.6 is 0 Å². The van der Waals surface area contributed by atoms with E-state index in [4.69, 9.17) is 9.47 Å². The minimum atomic E-state index is -0.621. The number of rotatable bonds is 8. The minimum Gasteiger partial charge on any atom is -0.454 e. The summed E-state index contributed by atoms with van der Waals surface area (Å²) in [5, 5.41) is 14.4. The monoisotopic (exact) mass is 333 g/mol. The van der Waals surface area contributed by atoms with E-state index in [0.717, 1.165) is 15.9 Å². The number of nitrogens with one attached hydrogen (secondary N) is 1. The van der Waals surface area contributed by atoms with E-state index in [1.807, 2.05) is 31.2 Å². The second kappa shape index (κ2) is 8.73. The van der Waals surface area contributed by atoms with Gasteiger partial charge in [-0.1, -0.05) is 29.8 Å². The molecule has 2 rings (SSSR count). The predicted molar refractivity (Wildman–Crippen MR) is 83.8 cm³/mol. The summed E-state index contributed by atoms with van der Waals surface area (Å²) < 4.78 is 9.64. The van der Waals surface area contributed by atoms with Crippen molar-refractivity contribution >= 4 is 11.9 Å². The van der Waals surface area contributed by atoms with Gasteiger partial charge in [0.2, 0.25) is 5.82 Å². The highest BCUT2D eigenvalue weighted by Gasteiger charge is 2.11. The molecule has 9 nitrogen and oxygen atoms in total. The van der Waals surface area contributed by atoms with Crippen molar-refractivity contribution < 1.29 is 19.1 Å². The molecule has 0 unspecified atom stereocenters. The van der Waals surface area contributed by atoms with Crippen LogP contribution in [0, 0.1) is 6.92 Å². The van der Waals surface area contributed by atoms with Crippen LogP contribution in [0.25, 0.3) is 11.4 Å². The summed E-state index contributed by atoms with van der Waals surface area (Å²) >= 11 is 0. The summed E-state index contributed by atoms with van der Waals surface area (Å²) in [7, 11) is 1.53. The molecule has 0 saturated carbocycles. The number of carbonyl (C=O) groups is 2. The lowest BCUT2D eigenvalue weighted by Crippen LogP contribution is -2.32. The maximum Gasteiger partial charge on any atom is 0.330 e. The fourth-order valence-electron chi connectivity index (χ4n) is 1.78. The highest BCUT2D eigenvalue weighted by Crippen LogP contribution is 2.13. The largest absolute Gasteiger partial charge is 0.454 e. The van der Waals surface area contributed by atoms with E-state index in [1.54, 1.807) is 0 Å². The standard InChI is InChI=1S/C15H19N5O4/c1-11-3-5-12(6-4-11)15-17-19-20(18-15)9-14(22)24-10-13(21)16-7-8-23-2/h3-6H,7-10H2,1-2H3,(H,16,21). The van der Waals surface area contributed by atoms with Gasteiger partial charge < -0.3 is 14.8 Å². The number of nitrogens with zero attached hydrogens (tertiary/aromatic N) is 4. The third-order valence-electron chi connectivity index (χ3n) is 3.03. The molecule has 1 aromatic carbocycles. The summed E-state index contributed by atoms with van der Waals surface area (Å²) in [6.45, 7) is 2.16. The fraction of sp³-hybridized carbons (Fsp3) is 0.400. The quantitative estimate of drug-likeness (QED) is 0.533. The zero-order valence-corrected chi connectivity index (χ0v) is 13.6. The molecule has 1 heterocycles. The number of methoxy groups -OCH3 is 1. The molecule has 0 fully saturated rings. The normalized spacial score (nSPS) is 10.4. The van der Waals surface area contributed by atoms with Crippen molar-refractivity contribution in [1.82, 2.24) is 25.5 Å². The van der Waals surface area contributed by atoms with Gasteiger partial charge in [-0.05, 0) is 12.1 Å². The van der Waals surface area contributed by atoms with Crippen molar-refractivity contribution in [2.45, 2.75) is 13.5 Å². The lowest BCUT2D eigenvalue weighted by Gasteiger charge is -2.05. The Morgan fingerprint density at radius 2 is 2.00 bits per heavy atom. The van der Waals surface area contributed by atoms with Crippen molar-refractivity contribution in [1.29, 1.82) is 0 Å². The van der Waals surface area contributed by atoms with E-state index in [-0.39, 0.29) is 13.2 Å². The first kappa shape index (κ1) is 17.5. The van der Waals surface area contributed by atoms with E-state index >= 15 is 0 Å². The second-order valence-corrected chi connectivity index (χ2v) is 5.01. The number of hydrogen-bond donors (Lipinski definition) is 1. The van der Waals surface area contributed by atoms with Crippen LogP contribution in [0.4, 0.5) is 0 Å². The number of hydrogen-bond acceptors (Lipinski definition) is 7. The Hall–Kier alpha value is -2.81. The molecule has 1 amide bonds. The van der Waals surface area contributed by atoms with Gasteiger partial charge in [0.15, 0.2) is 13.2 Å².